The van der Waals surface area contributed by atoms with E-state index >= 15 is 0 Å². The molecule has 3 aromatic carbocycles. The van der Waals surface area contributed by atoms with Crippen molar-refractivity contribution < 1.29 is 9.21 Å². The van der Waals surface area contributed by atoms with Gasteiger partial charge in [0.15, 0.2) is 5.17 Å². The highest BCUT2D eigenvalue weighted by Gasteiger charge is 2.33. The maximum Gasteiger partial charge on any atom is 0.266 e. The molecule has 2 heterocycles. The molecule has 1 amide bonds. The van der Waals surface area contributed by atoms with Gasteiger partial charge in [-0.05, 0) is 60.7 Å². The Bertz CT molecular complexity index is 1360. The molecule has 4 nitrogen and oxygen atoms in total. The molecule has 4 aromatic rings. The van der Waals surface area contributed by atoms with Crippen LogP contribution < -0.4 is 0 Å². The van der Waals surface area contributed by atoms with Crippen LogP contribution in [0, 0.1) is 0 Å². The van der Waals surface area contributed by atoms with Crippen LogP contribution in [0.25, 0.3) is 17.4 Å². The van der Waals surface area contributed by atoms with Gasteiger partial charge in [0.2, 0.25) is 0 Å². The number of carbonyl (C=O) groups is 1. The first-order chi connectivity index (χ1) is 18.3. The highest BCUT2D eigenvalue weighted by atomic mass is 32.2. The molecule has 1 fully saturated rings. The Morgan fingerprint density at radius 1 is 0.757 bits per heavy atom. The second-order valence-corrected chi connectivity index (χ2v) is 9.99. The van der Waals surface area contributed by atoms with E-state index in [0.29, 0.717) is 23.8 Å². The molecule has 0 saturated carbocycles. The molecule has 0 aliphatic carbocycles. The number of aliphatic imine (C=N–C) groups is 1. The number of aryl methyl sites for hydroxylation is 2. The van der Waals surface area contributed by atoms with Crippen LogP contribution in [-0.4, -0.2) is 29.1 Å². The van der Waals surface area contributed by atoms with Gasteiger partial charge in [-0.15, -0.1) is 0 Å². The van der Waals surface area contributed by atoms with Crippen molar-refractivity contribution in [2.45, 2.75) is 25.7 Å². The molecule has 5 rings (SSSR count). The first-order valence-corrected chi connectivity index (χ1v) is 13.6. The summed E-state index contributed by atoms with van der Waals surface area (Å²) in [5.74, 6) is 1.46. The van der Waals surface area contributed by atoms with Gasteiger partial charge in [-0.3, -0.25) is 14.7 Å². The smallest absolute Gasteiger partial charge is 0.266 e. The summed E-state index contributed by atoms with van der Waals surface area (Å²) in [7, 11) is 0. The average molecular weight is 507 g/mol. The quantitative estimate of drug-likeness (QED) is 0.165. The summed E-state index contributed by atoms with van der Waals surface area (Å²) in [4.78, 5) is 20.7. The van der Waals surface area contributed by atoms with Crippen LogP contribution in [0.4, 0.5) is 0 Å². The molecule has 0 unspecified atom stereocenters. The number of amidine groups is 1. The van der Waals surface area contributed by atoms with Crippen molar-refractivity contribution in [3.63, 3.8) is 0 Å². The van der Waals surface area contributed by atoms with Crippen molar-refractivity contribution in [3.05, 3.63) is 125 Å². The van der Waals surface area contributed by atoms with E-state index in [1.165, 1.54) is 22.9 Å². The lowest BCUT2D eigenvalue weighted by Crippen LogP contribution is -2.30. The lowest BCUT2D eigenvalue weighted by Gasteiger charge is -2.15. The number of carbonyl (C=O) groups excluding carboxylic acids is 1. The topological polar surface area (TPSA) is 45.8 Å². The van der Waals surface area contributed by atoms with Crippen LogP contribution in [0.1, 0.15) is 29.7 Å². The minimum Gasteiger partial charge on any atom is -0.457 e. The molecule has 0 spiro atoms. The number of nitrogens with zero attached hydrogens (tertiary/aromatic N) is 2. The fourth-order valence-corrected chi connectivity index (χ4v) is 5.34. The maximum absolute atomic E-state index is 13.4. The zero-order valence-electron chi connectivity index (χ0n) is 20.8. The average Bonchev–Trinajstić information content (AvgIpc) is 3.53. The molecule has 1 aliphatic heterocycles. The SMILES string of the molecule is O=C1/C(=C/c2ccc(-c3ccccc3)o2)SC(=NCCCc2ccccc2)N1CCCc1ccccc1. The number of rotatable bonds is 10. The molecular formula is C32H30N2O2S. The van der Waals surface area contributed by atoms with Gasteiger partial charge in [0.05, 0.1) is 4.91 Å². The van der Waals surface area contributed by atoms with Gasteiger partial charge in [0, 0.05) is 24.7 Å². The molecule has 1 aliphatic rings. The van der Waals surface area contributed by atoms with Gasteiger partial charge in [0.25, 0.3) is 5.91 Å². The first kappa shape index (κ1) is 24.8. The van der Waals surface area contributed by atoms with Gasteiger partial charge in [0.1, 0.15) is 11.5 Å². The van der Waals surface area contributed by atoms with Crippen molar-refractivity contribution in [2.24, 2.45) is 4.99 Å². The van der Waals surface area contributed by atoms with E-state index < -0.39 is 0 Å². The van der Waals surface area contributed by atoms with Gasteiger partial charge in [-0.2, -0.15) is 0 Å². The molecule has 1 saturated heterocycles. The fraction of sp³-hybridized carbons (Fsp3) is 0.188. The second-order valence-electron chi connectivity index (χ2n) is 8.98. The van der Waals surface area contributed by atoms with Gasteiger partial charge < -0.3 is 4.42 Å². The number of benzene rings is 3. The lowest BCUT2D eigenvalue weighted by atomic mass is 10.1. The summed E-state index contributed by atoms with van der Waals surface area (Å²) < 4.78 is 6.04. The predicted molar refractivity (Wildman–Crippen MR) is 153 cm³/mol. The lowest BCUT2D eigenvalue weighted by molar-refractivity contribution is -0.122. The number of hydrogen-bond acceptors (Lipinski definition) is 4. The van der Waals surface area contributed by atoms with Crippen LogP contribution in [0.5, 0.6) is 0 Å². The molecule has 186 valence electrons. The van der Waals surface area contributed by atoms with E-state index in [1.807, 2.05) is 65.6 Å². The standard InChI is InChI=1S/C32H30N2O2S/c35-31-30(24-28-20-21-29(36-28)27-18-8-3-9-19-27)37-32(33-22-10-16-25-12-4-1-5-13-25)34(31)23-11-17-26-14-6-2-7-15-26/h1-9,12-15,18-21,24H,10-11,16-17,22-23H2/b30-24-,33-32?. The predicted octanol–water partition coefficient (Wildman–Crippen LogP) is 7.48. The first-order valence-electron chi connectivity index (χ1n) is 12.8. The Kier molecular flexibility index (Phi) is 8.34. The van der Waals surface area contributed by atoms with Crippen LogP contribution in [0.3, 0.4) is 0 Å². The van der Waals surface area contributed by atoms with E-state index in [-0.39, 0.29) is 5.91 Å². The van der Waals surface area contributed by atoms with Gasteiger partial charge in [-0.25, -0.2) is 0 Å². The number of thioether (sulfide) groups is 1. The highest BCUT2D eigenvalue weighted by Crippen LogP contribution is 2.34. The summed E-state index contributed by atoms with van der Waals surface area (Å²) in [6, 6.07) is 34.7. The summed E-state index contributed by atoms with van der Waals surface area (Å²) in [6.07, 6.45) is 5.56. The maximum atomic E-state index is 13.4. The Balaban J connectivity index is 1.29. The molecule has 0 N–H and O–H groups in total. The monoisotopic (exact) mass is 506 g/mol. The van der Waals surface area contributed by atoms with Crippen molar-refractivity contribution in [3.8, 4) is 11.3 Å². The number of amides is 1. The third-order valence-electron chi connectivity index (χ3n) is 6.25. The third-order valence-corrected chi connectivity index (χ3v) is 7.29. The molecule has 5 heteroatoms. The van der Waals surface area contributed by atoms with E-state index in [9.17, 15) is 4.79 Å². The van der Waals surface area contributed by atoms with Crippen molar-refractivity contribution in [2.75, 3.05) is 13.1 Å². The number of furan rings is 1. The molecule has 1 aromatic heterocycles. The second kappa shape index (κ2) is 12.4. The summed E-state index contributed by atoms with van der Waals surface area (Å²) in [5.41, 5.74) is 3.61. The zero-order chi connectivity index (χ0) is 25.3. The molecule has 0 atom stereocenters. The Morgan fingerprint density at radius 2 is 1.38 bits per heavy atom. The van der Waals surface area contributed by atoms with E-state index in [2.05, 4.69) is 48.5 Å². The largest absolute Gasteiger partial charge is 0.457 e. The normalized spacial score (nSPS) is 15.7. The van der Waals surface area contributed by atoms with Crippen molar-refractivity contribution in [1.82, 2.24) is 4.90 Å². The van der Waals surface area contributed by atoms with Crippen LogP contribution in [0.2, 0.25) is 0 Å². The molecule has 0 radical (unpaired) electrons. The van der Waals surface area contributed by atoms with Crippen molar-refractivity contribution in [1.29, 1.82) is 0 Å². The van der Waals surface area contributed by atoms with Crippen LogP contribution >= 0.6 is 11.8 Å². The van der Waals surface area contributed by atoms with Crippen LogP contribution in [0.15, 0.2) is 117 Å². The highest BCUT2D eigenvalue weighted by molar-refractivity contribution is 8.18. The number of hydrogen-bond donors (Lipinski definition) is 0. The Hall–Kier alpha value is -3.83. The van der Waals surface area contributed by atoms with E-state index in [4.69, 9.17) is 9.41 Å². The fourth-order valence-electron chi connectivity index (χ4n) is 4.33. The summed E-state index contributed by atoms with van der Waals surface area (Å²) >= 11 is 1.45. The van der Waals surface area contributed by atoms with E-state index in [1.54, 1.807) is 0 Å². The Morgan fingerprint density at radius 3 is 2.05 bits per heavy atom. The minimum atomic E-state index is -0.00229. The summed E-state index contributed by atoms with van der Waals surface area (Å²) in [6.45, 7) is 1.33. The zero-order valence-corrected chi connectivity index (χ0v) is 21.6. The molecule has 0 bridgehead atoms. The van der Waals surface area contributed by atoms with Gasteiger partial charge >= 0.3 is 0 Å². The minimum absolute atomic E-state index is 0.00229. The van der Waals surface area contributed by atoms with E-state index in [0.717, 1.165) is 42.2 Å². The molecular weight excluding hydrogens is 476 g/mol. The molecule has 37 heavy (non-hydrogen) atoms. The summed E-state index contributed by atoms with van der Waals surface area (Å²) in [5, 5.41) is 0.784. The Labute approximate surface area is 222 Å². The third kappa shape index (κ3) is 6.69. The van der Waals surface area contributed by atoms with Gasteiger partial charge in [-0.1, -0.05) is 91.0 Å². The van der Waals surface area contributed by atoms with Crippen LogP contribution in [-0.2, 0) is 17.6 Å². The van der Waals surface area contributed by atoms with Crippen molar-refractivity contribution >= 4 is 28.9 Å².